The van der Waals surface area contributed by atoms with Gasteiger partial charge in [-0.05, 0) is 84.6 Å². The van der Waals surface area contributed by atoms with Gasteiger partial charge in [0.2, 0.25) is 0 Å². The van der Waals surface area contributed by atoms with Crippen molar-refractivity contribution < 1.29 is 14.7 Å². The summed E-state index contributed by atoms with van der Waals surface area (Å²) in [6.07, 6.45) is 2.05. The number of aliphatic hydroxyl groups excluding tert-OH is 1. The third kappa shape index (κ3) is 6.14. The maximum Gasteiger partial charge on any atom is 0.183 e. The Morgan fingerprint density at radius 3 is 1.93 bits per heavy atom. The molecule has 0 unspecified atom stereocenters. The van der Waals surface area contributed by atoms with E-state index in [1.54, 1.807) is 0 Å². The van der Waals surface area contributed by atoms with E-state index in [2.05, 4.69) is 10.2 Å². The van der Waals surface area contributed by atoms with E-state index in [-0.39, 0.29) is 17.7 Å². The number of para-hydroxylation sites is 1. The van der Waals surface area contributed by atoms with Crippen molar-refractivity contribution in [1.29, 1.82) is 0 Å². The topological polar surface area (TPSA) is 74.6 Å². The molecule has 1 aliphatic rings. The molecule has 0 radical (unpaired) electrons. The maximum atomic E-state index is 13.0. The Bertz CT molecular complexity index is 1700. The number of fused-ring (bicyclic) bond motifs is 1. The Morgan fingerprint density at radius 1 is 0.762 bits per heavy atom. The molecule has 0 bridgehead atoms. The van der Waals surface area contributed by atoms with Crippen LogP contribution in [-0.4, -0.2) is 40.4 Å². The zero-order valence-electron chi connectivity index (χ0n) is 23.8. The second kappa shape index (κ2) is 12.0. The first-order valence-corrected chi connectivity index (χ1v) is 14.5. The number of hydrogen-bond donors (Lipinski definition) is 2. The second-order valence-corrected chi connectivity index (χ2v) is 11.1. The smallest absolute Gasteiger partial charge is 0.183 e. The molecule has 0 saturated carbocycles. The zero-order chi connectivity index (χ0) is 29.1. The highest BCUT2D eigenvalue weighted by atomic mass is 16.3. The van der Waals surface area contributed by atoms with Gasteiger partial charge in [0.25, 0.3) is 0 Å². The molecule has 1 aliphatic heterocycles. The van der Waals surface area contributed by atoms with Crippen molar-refractivity contribution in [3.63, 3.8) is 0 Å². The molecule has 5 aromatic rings. The van der Waals surface area contributed by atoms with Crippen LogP contribution in [0, 0.1) is 0 Å². The molecule has 1 aromatic heterocycles. The van der Waals surface area contributed by atoms with Gasteiger partial charge in [-0.25, -0.2) is 0 Å². The van der Waals surface area contributed by atoms with Crippen LogP contribution in [0.4, 0.5) is 17.1 Å². The van der Waals surface area contributed by atoms with Crippen molar-refractivity contribution in [3.8, 4) is 0 Å². The first-order chi connectivity index (χ1) is 20.4. The van der Waals surface area contributed by atoms with Crippen molar-refractivity contribution in [2.75, 3.05) is 23.3 Å². The van der Waals surface area contributed by atoms with Crippen LogP contribution in [0.15, 0.2) is 103 Å². The molecule has 1 saturated heterocycles. The van der Waals surface area contributed by atoms with Gasteiger partial charge in [-0.1, -0.05) is 42.5 Å². The summed E-state index contributed by atoms with van der Waals surface area (Å²) >= 11 is 0. The summed E-state index contributed by atoms with van der Waals surface area (Å²) in [7, 11) is 1.94. The van der Waals surface area contributed by atoms with E-state index in [9.17, 15) is 14.7 Å². The average molecular weight is 558 g/mol. The lowest BCUT2D eigenvalue weighted by Crippen LogP contribution is -2.35. The number of carbonyl (C=O) groups excluding carboxylic acids is 2. The molecule has 2 heterocycles. The van der Waals surface area contributed by atoms with Crippen LogP contribution in [0.5, 0.6) is 0 Å². The van der Waals surface area contributed by atoms with Gasteiger partial charge < -0.3 is 19.9 Å². The quantitative estimate of drug-likeness (QED) is 0.197. The first-order valence-electron chi connectivity index (χ1n) is 14.5. The van der Waals surface area contributed by atoms with Gasteiger partial charge in [-0.3, -0.25) is 9.59 Å². The Morgan fingerprint density at radius 2 is 1.33 bits per heavy atom. The lowest BCUT2D eigenvalue weighted by molar-refractivity contribution is 0.0980. The predicted molar refractivity (Wildman–Crippen MR) is 169 cm³/mol. The number of aromatic nitrogens is 1. The Hall–Kier alpha value is -4.68. The van der Waals surface area contributed by atoms with Crippen molar-refractivity contribution in [3.05, 3.63) is 126 Å². The molecule has 42 heavy (non-hydrogen) atoms. The Labute approximate surface area is 246 Å². The summed E-state index contributed by atoms with van der Waals surface area (Å²) in [5, 5.41) is 14.2. The molecule has 6 rings (SSSR count). The van der Waals surface area contributed by atoms with E-state index in [0.29, 0.717) is 24.1 Å². The highest BCUT2D eigenvalue weighted by molar-refractivity contribution is 6.01. The molecule has 0 amide bonds. The van der Waals surface area contributed by atoms with E-state index in [1.165, 1.54) is 0 Å². The standard InChI is InChI=1S/C36H35N3O3/c1-38-33-5-3-2-4-28(33)24-34(38)36(42)23-26-8-14-30(15-9-26)37-29-12-6-25(7-13-29)22-35(41)27-10-16-31(17-11-27)39-20-18-32(40)19-21-39/h2-17,24,32,37,40H,18-23H2,1H3. The summed E-state index contributed by atoms with van der Waals surface area (Å²) in [4.78, 5) is 28.2. The minimum Gasteiger partial charge on any atom is -0.393 e. The van der Waals surface area contributed by atoms with E-state index >= 15 is 0 Å². The van der Waals surface area contributed by atoms with E-state index in [1.807, 2.05) is 115 Å². The maximum absolute atomic E-state index is 13.0. The summed E-state index contributed by atoms with van der Waals surface area (Å²) in [6.45, 7) is 1.68. The Kier molecular flexibility index (Phi) is 7.89. The fourth-order valence-electron chi connectivity index (χ4n) is 5.68. The molecular weight excluding hydrogens is 522 g/mol. The number of carbonyl (C=O) groups is 2. The third-order valence-electron chi connectivity index (χ3n) is 8.18. The minimum atomic E-state index is -0.201. The molecule has 0 aliphatic carbocycles. The highest BCUT2D eigenvalue weighted by Crippen LogP contribution is 2.23. The number of rotatable bonds is 9. The summed E-state index contributed by atoms with van der Waals surface area (Å²) in [6, 6.07) is 33.6. The van der Waals surface area contributed by atoms with Crippen molar-refractivity contribution in [1.82, 2.24) is 4.57 Å². The number of nitrogens with one attached hydrogen (secondary N) is 1. The number of aliphatic hydroxyl groups is 1. The lowest BCUT2D eigenvalue weighted by atomic mass is 10.0. The number of nitrogens with zero attached hydrogens (tertiary/aromatic N) is 2. The van der Waals surface area contributed by atoms with Crippen LogP contribution >= 0.6 is 0 Å². The minimum absolute atomic E-state index is 0.0879. The molecular formula is C36H35N3O3. The van der Waals surface area contributed by atoms with Crippen LogP contribution in [0.3, 0.4) is 0 Å². The third-order valence-corrected chi connectivity index (χ3v) is 8.18. The van der Waals surface area contributed by atoms with Gasteiger partial charge in [-0.2, -0.15) is 0 Å². The Balaban J connectivity index is 1.02. The average Bonchev–Trinajstić information content (AvgIpc) is 3.36. The zero-order valence-corrected chi connectivity index (χ0v) is 23.8. The van der Waals surface area contributed by atoms with Crippen molar-refractivity contribution >= 4 is 39.5 Å². The van der Waals surface area contributed by atoms with Crippen LogP contribution in [0.1, 0.15) is 44.8 Å². The number of aryl methyl sites for hydroxylation is 1. The van der Waals surface area contributed by atoms with E-state index in [4.69, 9.17) is 0 Å². The van der Waals surface area contributed by atoms with Crippen LogP contribution in [-0.2, 0) is 19.9 Å². The van der Waals surface area contributed by atoms with Gasteiger partial charge in [0.05, 0.1) is 11.8 Å². The number of ketones is 2. The second-order valence-electron chi connectivity index (χ2n) is 11.1. The fraction of sp³-hybridized carbons (Fsp3) is 0.222. The van der Waals surface area contributed by atoms with Gasteiger partial charge in [0.1, 0.15) is 0 Å². The van der Waals surface area contributed by atoms with Crippen LogP contribution in [0.2, 0.25) is 0 Å². The molecule has 0 spiro atoms. The normalized spacial score (nSPS) is 13.8. The van der Waals surface area contributed by atoms with E-state index in [0.717, 1.165) is 65.0 Å². The van der Waals surface area contributed by atoms with Crippen LogP contribution in [0.25, 0.3) is 10.9 Å². The summed E-state index contributed by atoms with van der Waals surface area (Å²) in [5.74, 6) is 0.183. The predicted octanol–water partition coefficient (Wildman–Crippen LogP) is 6.73. The number of benzene rings is 4. The van der Waals surface area contributed by atoms with Crippen molar-refractivity contribution in [2.24, 2.45) is 7.05 Å². The lowest BCUT2D eigenvalue weighted by Gasteiger charge is -2.31. The fourth-order valence-corrected chi connectivity index (χ4v) is 5.68. The number of piperidine rings is 1. The molecule has 212 valence electrons. The summed E-state index contributed by atoms with van der Waals surface area (Å²) < 4.78 is 1.96. The van der Waals surface area contributed by atoms with Gasteiger partial charge in [-0.15, -0.1) is 0 Å². The highest BCUT2D eigenvalue weighted by Gasteiger charge is 2.18. The number of Topliss-reactive ketones (excluding diaryl/α,β-unsaturated/α-hetero) is 2. The monoisotopic (exact) mass is 557 g/mol. The largest absolute Gasteiger partial charge is 0.393 e. The van der Waals surface area contributed by atoms with Gasteiger partial charge in [0, 0.05) is 66.5 Å². The van der Waals surface area contributed by atoms with Gasteiger partial charge >= 0.3 is 0 Å². The van der Waals surface area contributed by atoms with E-state index < -0.39 is 0 Å². The molecule has 1 fully saturated rings. The summed E-state index contributed by atoms with van der Waals surface area (Å²) in [5.41, 5.74) is 7.36. The van der Waals surface area contributed by atoms with Crippen molar-refractivity contribution in [2.45, 2.75) is 31.8 Å². The first kappa shape index (κ1) is 27.5. The van der Waals surface area contributed by atoms with Crippen LogP contribution < -0.4 is 10.2 Å². The SMILES string of the molecule is Cn1c(C(=O)Cc2ccc(Nc3ccc(CC(=O)c4ccc(N5CCC(O)CC5)cc4)cc3)cc2)cc2ccccc21. The van der Waals surface area contributed by atoms with Gasteiger partial charge in [0.15, 0.2) is 11.6 Å². The molecule has 6 heteroatoms. The number of hydrogen-bond acceptors (Lipinski definition) is 5. The molecule has 6 nitrogen and oxygen atoms in total. The molecule has 2 N–H and O–H groups in total. The molecule has 0 atom stereocenters. The number of anilines is 3. The molecule has 4 aromatic carbocycles.